The Morgan fingerprint density at radius 1 is 1.56 bits per heavy atom. The van der Waals surface area contributed by atoms with E-state index >= 15 is 0 Å². The molecule has 0 aromatic heterocycles. The number of phenolic OH excluding ortho intramolecular Hbond substituents is 1. The van der Waals surface area contributed by atoms with Crippen LogP contribution in [-0.4, -0.2) is 17.1 Å². The van der Waals surface area contributed by atoms with E-state index < -0.39 is 0 Å². The third-order valence-electron chi connectivity index (χ3n) is 2.97. The van der Waals surface area contributed by atoms with Crippen molar-refractivity contribution >= 4 is 11.6 Å². The summed E-state index contributed by atoms with van der Waals surface area (Å²) < 4.78 is 0. The fourth-order valence-electron chi connectivity index (χ4n) is 1.74. The smallest absolute Gasteiger partial charge is 0.253 e. The maximum absolute atomic E-state index is 11.9. The van der Waals surface area contributed by atoms with Crippen LogP contribution in [0.4, 0.5) is 5.69 Å². The van der Waals surface area contributed by atoms with Crippen LogP contribution in [-0.2, 0) is 0 Å². The molecule has 86 valence electrons. The zero-order chi connectivity index (χ0) is 11.7. The van der Waals surface area contributed by atoms with Crippen molar-refractivity contribution in [2.24, 2.45) is 5.92 Å². The van der Waals surface area contributed by atoms with Crippen molar-refractivity contribution in [3.63, 3.8) is 0 Å². The number of phenols is 1. The zero-order valence-electron chi connectivity index (χ0n) is 9.23. The third-order valence-corrected chi connectivity index (χ3v) is 2.97. The number of hydrogen-bond acceptors (Lipinski definition) is 3. The van der Waals surface area contributed by atoms with Crippen molar-refractivity contribution in [1.82, 2.24) is 5.32 Å². The summed E-state index contributed by atoms with van der Waals surface area (Å²) in [6, 6.07) is 4.57. The minimum absolute atomic E-state index is 0.0541. The molecule has 0 bridgehead atoms. The lowest BCUT2D eigenvalue weighted by atomic mass is 10.1. The van der Waals surface area contributed by atoms with Gasteiger partial charge in [-0.3, -0.25) is 4.79 Å². The van der Waals surface area contributed by atoms with Crippen LogP contribution in [0.1, 0.15) is 30.1 Å². The molecule has 4 nitrogen and oxygen atoms in total. The molecule has 1 amide bonds. The molecule has 1 aromatic carbocycles. The van der Waals surface area contributed by atoms with Gasteiger partial charge in [0, 0.05) is 11.7 Å². The molecule has 1 saturated carbocycles. The molecule has 0 aliphatic heterocycles. The Hall–Kier alpha value is -1.71. The second-order valence-corrected chi connectivity index (χ2v) is 4.37. The van der Waals surface area contributed by atoms with E-state index in [1.165, 1.54) is 31.0 Å². The summed E-state index contributed by atoms with van der Waals surface area (Å²) in [6.07, 6.45) is 2.36. The number of amides is 1. The number of nitrogen functional groups attached to an aromatic ring is 1. The van der Waals surface area contributed by atoms with Crippen LogP contribution in [0, 0.1) is 5.92 Å². The molecule has 0 heterocycles. The summed E-state index contributed by atoms with van der Waals surface area (Å²) in [5, 5.41) is 12.2. The molecular formula is C12H16N2O2. The van der Waals surface area contributed by atoms with Gasteiger partial charge in [0.1, 0.15) is 5.75 Å². The number of hydrogen-bond donors (Lipinski definition) is 3. The minimum Gasteiger partial charge on any atom is -0.508 e. The number of nitrogens with two attached hydrogens (primary N) is 1. The first kappa shape index (κ1) is 10.8. The number of carbonyl (C=O) groups is 1. The lowest BCUT2D eigenvalue weighted by molar-refractivity contribution is 0.0936. The number of aromatic hydroxyl groups is 1. The van der Waals surface area contributed by atoms with Crippen LogP contribution in [0.3, 0.4) is 0 Å². The highest BCUT2D eigenvalue weighted by Gasteiger charge is 2.29. The Morgan fingerprint density at radius 3 is 2.88 bits per heavy atom. The van der Waals surface area contributed by atoms with Gasteiger partial charge in [0.2, 0.25) is 0 Å². The van der Waals surface area contributed by atoms with Gasteiger partial charge in [0.05, 0.1) is 5.56 Å². The maximum Gasteiger partial charge on any atom is 0.253 e. The van der Waals surface area contributed by atoms with Crippen molar-refractivity contribution < 1.29 is 9.90 Å². The molecule has 1 atom stereocenters. The first-order valence-corrected chi connectivity index (χ1v) is 5.47. The predicted molar refractivity (Wildman–Crippen MR) is 62.2 cm³/mol. The van der Waals surface area contributed by atoms with Crippen LogP contribution in [0.25, 0.3) is 0 Å². The molecule has 1 unspecified atom stereocenters. The highest BCUT2D eigenvalue weighted by atomic mass is 16.3. The molecule has 1 fully saturated rings. The van der Waals surface area contributed by atoms with Crippen LogP contribution >= 0.6 is 0 Å². The molecule has 2 rings (SSSR count). The molecule has 4 N–H and O–H groups in total. The van der Waals surface area contributed by atoms with E-state index in [2.05, 4.69) is 5.32 Å². The first-order chi connectivity index (χ1) is 7.58. The van der Waals surface area contributed by atoms with Crippen molar-refractivity contribution in [3.05, 3.63) is 23.8 Å². The van der Waals surface area contributed by atoms with Crippen molar-refractivity contribution in [1.29, 1.82) is 0 Å². The first-order valence-electron chi connectivity index (χ1n) is 5.47. The van der Waals surface area contributed by atoms with E-state index in [1.807, 2.05) is 6.92 Å². The van der Waals surface area contributed by atoms with Crippen molar-refractivity contribution in [3.8, 4) is 5.75 Å². The van der Waals surface area contributed by atoms with E-state index in [0.29, 0.717) is 17.2 Å². The Bertz CT molecular complexity index is 413. The summed E-state index contributed by atoms with van der Waals surface area (Å²) in [4.78, 5) is 11.9. The summed E-state index contributed by atoms with van der Waals surface area (Å²) in [6.45, 7) is 1.99. The monoisotopic (exact) mass is 220 g/mol. The second-order valence-electron chi connectivity index (χ2n) is 4.37. The topological polar surface area (TPSA) is 75.3 Å². The zero-order valence-corrected chi connectivity index (χ0v) is 9.23. The van der Waals surface area contributed by atoms with Gasteiger partial charge in [-0.25, -0.2) is 0 Å². The Labute approximate surface area is 94.5 Å². The largest absolute Gasteiger partial charge is 0.508 e. The molecule has 1 aromatic rings. The van der Waals surface area contributed by atoms with Crippen molar-refractivity contribution in [2.75, 3.05) is 5.73 Å². The van der Waals surface area contributed by atoms with Crippen LogP contribution in [0.5, 0.6) is 5.75 Å². The summed E-state index contributed by atoms with van der Waals surface area (Å²) >= 11 is 0. The Morgan fingerprint density at radius 2 is 2.25 bits per heavy atom. The predicted octanol–water partition coefficient (Wildman–Crippen LogP) is 1.50. The van der Waals surface area contributed by atoms with Crippen LogP contribution < -0.4 is 11.1 Å². The van der Waals surface area contributed by atoms with Gasteiger partial charge in [-0.05, 0) is 43.9 Å². The fraction of sp³-hybridized carbons (Fsp3) is 0.417. The minimum atomic E-state index is -0.215. The SMILES string of the molecule is CC(NC(=O)c1cc(O)ccc1N)C1CC1. The van der Waals surface area contributed by atoms with Crippen LogP contribution in [0.15, 0.2) is 18.2 Å². The fourth-order valence-corrected chi connectivity index (χ4v) is 1.74. The quantitative estimate of drug-likeness (QED) is 0.533. The van der Waals surface area contributed by atoms with E-state index in [4.69, 9.17) is 5.73 Å². The molecule has 1 aliphatic carbocycles. The van der Waals surface area contributed by atoms with Gasteiger partial charge < -0.3 is 16.2 Å². The Kier molecular flexibility index (Phi) is 2.73. The van der Waals surface area contributed by atoms with Gasteiger partial charge in [0.25, 0.3) is 5.91 Å². The van der Waals surface area contributed by atoms with Gasteiger partial charge in [-0.15, -0.1) is 0 Å². The van der Waals surface area contributed by atoms with Crippen LogP contribution in [0.2, 0.25) is 0 Å². The van der Waals surface area contributed by atoms with E-state index in [9.17, 15) is 9.90 Å². The third kappa shape index (κ3) is 2.27. The molecule has 1 aliphatic rings. The summed E-state index contributed by atoms with van der Waals surface area (Å²) in [7, 11) is 0. The van der Waals surface area contributed by atoms with E-state index in [-0.39, 0.29) is 17.7 Å². The van der Waals surface area contributed by atoms with Gasteiger partial charge in [-0.2, -0.15) is 0 Å². The second kappa shape index (κ2) is 4.04. The highest BCUT2D eigenvalue weighted by Crippen LogP contribution is 2.32. The van der Waals surface area contributed by atoms with Gasteiger partial charge >= 0.3 is 0 Å². The van der Waals surface area contributed by atoms with Gasteiger partial charge in [0.15, 0.2) is 0 Å². The van der Waals surface area contributed by atoms with Gasteiger partial charge in [-0.1, -0.05) is 0 Å². The highest BCUT2D eigenvalue weighted by molar-refractivity contribution is 5.99. The standard InChI is InChI=1S/C12H16N2O2/c1-7(8-2-3-8)14-12(16)10-6-9(15)4-5-11(10)13/h4-8,15H,2-3,13H2,1H3,(H,14,16). The number of anilines is 1. The summed E-state index contributed by atoms with van der Waals surface area (Å²) in [5.74, 6) is 0.439. The van der Waals surface area contributed by atoms with Crippen molar-refractivity contribution in [2.45, 2.75) is 25.8 Å². The normalized spacial score (nSPS) is 16.8. The molecule has 0 saturated heterocycles. The maximum atomic E-state index is 11.9. The van der Waals surface area contributed by atoms with E-state index in [0.717, 1.165) is 0 Å². The molecular weight excluding hydrogens is 204 g/mol. The molecule has 0 spiro atoms. The number of rotatable bonds is 3. The molecule has 0 radical (unpaired) electrons. The number of nitrogens with one attached hydrogen (secondary N) is 1. The lowest BCUT2D eigenvalue weighted by Gasteiger charge is -2.13. The molecule has 16 heavy (non-hydrogen) atoms. The summed E-state index contributed by atoms with van der Waals surface area (Å²) in [5.41, 5.74) is 6.41. The molecule has 4 heteroatoms. The number of benzene rings is 1. The Balaban J connectivity index is 2.10. The van der Waals surface area contributed by atoms with E-state index in [1.54, 1.807) is 0 Å². The average molecular weight is 220 g/mol. The number of carbonyl (C=O) groups excluding carboxylic acids is 1. The average Bonchev–Trinajstić information content (AvgIpc) is 3.04. The lowest BCUT2D eigenvalue weighted by Crippen LogP contribution is -2.34.